The lowest BCUT2D eigenvalue weighted by atomic mass is 9.44. The maximum atomic E-state index is 17.5. The summed E-state index contributed by atoms with van der Waals surface area (Å²) in [4.78, 5) is 48.4. The summed E-state index contributed by atoms with van der Waals surface area (Å²) in [7, 11) is 0. The van der Waals surface area contributed by atoms with Crippen LogP contribution in [0.4, 0.5) is 4.39 Å². The van der Waals surface area contributed by atoms with Gasteiger partial charge >= 0.3 is 11.9 Å². The Kier molecular flexibility index (Phi) is 5.68. The predicted molar refractivity (Wildman–Crippen MR) is 116 cm³/mol. The Labute approximate surface area is 197 Å². The fourth-order valence-electron chi connectivity index (χ4n) is 7.30. The van der Waals surface area contributed by atoms with E-state index in [1.807, 2.05) is 0 Å². The van der Waals surface area contributed by atoms with Gasteiger partial charge in [-0.25, -0.2) is 4.39 Å². The zero-order chi connectivity index (χ0) is 25.3. The van der Waals surface area contributed by atoms with Gasteiger partial charge in [0.05, 0.1) is 6.10 Å². The van der Waals surface area contributed by atoms with Gasteiger partial charge in [0.15, 0.2) is 23.7 Å². The third-order valence-electron chi connectivity index (χ3n) is 8.98. The number of aliphatic hydroxyl groups is 2. The number of esters is 2. The van der Waals surface area contributed by atoms with Crippen molar-refractivity contribution >= 4 is 23.5 Å². The molecule has 34 heavy (non-hydrogen) atoms. The first-order valence-corrected chi connectivity index (χ1v) is 11.6. The van der Waals surface area contributed by atoms with E-state index in [-0.39, 0.29) is 25.0 Å². The van der Waals surface area contributed by atoms with Crippen LogP contribution in [0.2, 0.25) is 0 Å². The molecule has 9 heteroatoms. The first-order valence-electron chi connectivity index (χ1n) is 11.6. The molecule has 4 aliphatic rings. The molecule has 0 aromatic rings. The van der Waals surface area contributed by atoms with Crippen LogP contribution in [0.3, 0.4) is 0 Å². The van der Waals surface area contributed by atoms with Gasteiger partial charge in [0, 0.05) is 30.6 Å². The van der Waals surface area contributed by atoms with Gasteiger partial charge < -0.3 is 19.7 Å². The van der Waals surface area contributed by atoms with Crippen molar-refractivity contribution in [2.45, 2.75) is 76.9 Å². The van der Waals surface area contributed by atoms with E-state index in [1.165, 1.54) is 18.2 Å². The third-order valence-corrected chi connectivity index (χ3v) is 8.98. The molecule has 0 aliphatic heterocycles. The molecule has 0 heterocycles. The summed E-state index contributed by atoms with van der Waals surface area (Å²) in [5.74, 6) is -3.95. The molecule has 0 bridgehead atoms. The molecular weight excluding hydrogens is 447 g/mol. The van der Waals surface area contributed by atoms with E-state index in [4.69, 9.17) is 9.47 Å². The molecule has 4 aliphatic carbocycles. The molecule has 8 atom stereocenters. The van der Waals surface area contributed by atoms with Crippen molar-refractivity contribution in [3.05, 3.63) is 23.8 Å². The number of carbonyl (C=O) groups excluding carboxylic acids is 4. The number of hydrogen-bond acceptors (Lipinski definition) is 8. The molecular formula is C25H31FO8. The molecule has 0 spiro atoms. The minimum Gasteiger partial charge on any atom is -0.459 e. The first-order chi connectivity index (χ1) is 15.7. The van der Waals surface area contributed by atoms with E-state index >= 15 is 4.39 Å². The van der Waals surface area contributed by atoms with Crippen molar-refractivity contribution < 1.29 is 43.3 Å². The normalized spacial score (nSPS) is 44.9. The number of rotatable bonds is 4. The Bertz CT molecular complexity index is 1020. The minimum atomic E-state index is -2.32. The third kappa shape index (κ3) is 3.09. The number of alkyl halides is 1. The number of hydrogen-bond donors (Lipinski definition) is 2. The number of ketones is 2. The maximum absolute atomic E-state index is 17.5. The molecule has 186 valence electrons. The highest BCUT2D eigenvalue weighted by Crippen LogP contribution is 2.70. The molecule has 0 aromatic heterocycles. The second kappa shape index (κ2) is 7.81. The molecule has 3 fully saturated rings. The highest BCUT2D eigenvalue weighted by atomic mass is 19.1. The number of aliphatic hydroxyl groups excluding tert-OH is 1. The average Bonchev–Trinajstić information content (AvgIpc) is 2.94. The Morgan fingerprint density at radius 2 is 1.85 bits per heavy atom. The van der Waals surface area contributed by atoms with Gasteiger partial charge in [-0.05, 0) is 50.7 Å². The van der Waals surface area contributed by atoms with Crippen molar-refractivity contribution in [1.82, 2.24) is 0 Å². The van der Waals surface area contributed by atoms with Gasteiger partial charge in [-0.15, -0.1) is 0 Å². The van der Waals surface area contributed by atoms with Gasteiger partial charge in [0.1, 0.15) is 6.10 Å². The van der Waals surface area contributed by atoms with Crippen LogP contribution in [0.1, 0.15) is 53.4 Å². The highest BCUT2D eigenvalue weighted by molar-refractivity contribution is 6.01. The first kappa shape index (κ1) is 24.7. The monoisotopic (exact) mass is 478 g/mol. The fraction of sp³-hybridized carbons (Fsp3) is 0.680. The van der Waals surface area contributed by atoms with Gasteiger partial charge in [-0.3, -0.25) is 19.2 Å². The number of carbonyl (C=O) groups is 4. The minimum absolute atomic E-state index is 0.0420. The molecule has 0 unspecified atom stereocenters. The lowest BCUT2D eigenvalue weighted by Crippen LogP contribution is -2.70. The van der Waals surface area contributed by atoms with E-state index in [9.17, 15) is 29.4 Å². The smallest absolute Gasteiger partial charge is 0.303 e. The maximum Gasteiger partial charge on any atom is 0.303 e. The predicted octanol–water partition coefficient (Wildman–Crippen LogP) is 1.76. The molecule has 0 radical (unpaired) electrons. The summed E-state index contributed by atoms with van der Waals surface area (Å²) >= 11 is 0. The van der Waals surface area contributed by atoms with Crippen LogP contribution in [-0.4, -0.2) is 63.8 Å². The lowest BCUT2D eigenvalue weighted by Gasteiger charge is -2.62. The fourth-order valence-corrected chi connectivity index (χ4v) is 7.30. The molecule has 0 amide bonds. The van der Waals surface area contributed by atoms with Crippen molar-refractivity contribution in [3.8, 4) is 0 Å². The number of fused-ring (bicyclic) bond motifs is 5. The summed E-state index contributed by atoms with van der Waals surface area (Å²) in [6.45, 7) is 4.83. The molecule has 0 aromatic carbocycles. The zero-order valence-electron chi connectivity index (χ0n) is 19.8. The molecule has 3 saturated carbocycles. The summed E-state index contributed by atoms with van der Waals surface area (Å²) in [5, 5.41) is 22.6. The van der Waals surface area contributed by atoms with Crippen molar-refractivity contribution in [1.29, 1.82) is 0 Å². The molecule has 0 saturated heterocycles. The van der Waals surface area contributed by atoms with E-state index in [0.29, 0.717) is 12.0 Å². The van der Waals surface area contributed by atoms with Crippen LogP contribution >= 0.6 is 0 Å². The van der Waals surface area contributed by atoms with Crippen molar-refractivity contribution in [2.24, 2.45) is 22.7 Å². The highest BCUT2D eigenvalue weighted by Gasteiger charge is 2.77. The van der Waals surface area contributed by atoms with Crippen molar-refractivity contribution in [2.75, 3.05) is 6.61 Å². The lowest BCUT2D eigenvalue weighted by molar-refractivity contribution is -0.231. The summed E-state index contributed by atoms with van der Waals surface area (Å²) in [6, 6.07) is 0. The van der Waals surface area contributed by atoms with Crippen LogP contribution in [-0.2, 0) is 28.7 Å². The van der Waals surface area contributed by atoms with E-state index < -0.39 is 70.5 Å². The van der Waals surface area contributed by atoms with Crippen molar-refractivity contribution in [3.63, 3.8) is 0 Å². The summed E-state index contributed by atoms with van der Waals surface area (Å²) in [5.41, 5.74) is -6.43. The Balaban J connectivity index is 1.83. The van der Waals surface area contributed by atoms with E-state index in [1.54, 1.807) is 13.8 Å². The van der Waals surface area contributed by atoms with Crippen LogP contribution in [0.15, 0.2) is 23.8 Å². The van der Waals surface area contributed by atoms with Crippen LogP contribution < -0.4 is 0 Å². The summed E-state index contributed by atoms with van der Waals surface area (Å²) in [6.07, 6.45) is 1.84. The second-order valence-corrected chi connectivity index (χ2v) is 10.6. The molecule has 4 rings (SSSR count). The van der Waals surface area contributed by atoms with E-state index in [2.05, 4.69) is 0 Å². The number of allylic oxidation sites excluding steroid dienone is 4. The second-order valence-electron chi connectivity index (χ2n) is 10.6. The number of halogens is 1. The van der Waals surface area contributed by atoms with Gasteiger partial charge in [0.2, 0.25) is 5.78 Å². The van der Waals surface area contributed by atoms with Crippen LogP contribution in [0, 0.1) is 22.7 Å². The largest absolute Gasteiger partial charge is 0.459 e. The van der Waals surface area contributed by atoms with E-state index in [0.717, 1.165) is 13.8 Å². The Morgan fingerprint density at radius 1 is 1.18 bits per heavy atom. The Hall–Kier alpha value is -2.39. The molecule has 8 nitrogen and oxygen atoms in total. The molecule has 2 N–H and O–H groups in total. The topological polar surface area (TPSA) is 127 Å². The van der Waals surface area contributed by atoms with Crippen LogP contribution in [0.5, 0.6) is 0 Å². The number of ether oxygens (including phenoxy) is 2. The SMILES string of the molecule is CC(=O)OCC(=O)[C@@]1(O)[C@H](O)C[C@@H]2[C@@H]3CCC4=CC(=O)C=C[C@]4(C)[C@@]3(F)[C@H](OC(C)=O)C[C@]21C. The van der Waals surface area contributed by atoms with Gasteiger partial charge in [0.25, 0.3) is 0 Å². The quantitative estimate of drug-likeness (QED) is 0.586. The van der Waals surface area contributed by atoms with Crippen LogP contribution in [0.25, 0.3) is 0 Å². The summed E-state index contributed by atoms with van der Waals surface area (Å²) < 4.78 is 27.9. The van der Waals surface area contributed by atoms with Gasteiger partial charge in [-0.2, -0.15) is 0 Å². The number of Topliss-reactive ketones (excluding diaryl/α,β-unsaturated/α-hetero) is 1. The standard InChI is InChI=1S/C25H31FO8/c1-13(27)33-12-20(31)25(32)19(30)10-18-17-6-5-15-9-16(29)7-8-22(15,3)24(17,26)21(34-14(2)28)11-23(18,25)4/h7-9,17-19,21,30,32H,5-6,10-12H2,1-4H3/t17-,18+,19+,21+,22-,23+,24-,25-/m0/s1. The Morgan fingerprint density at radius 3 is 2.47 bits per heavy atom. The average molecular weight is 479 g/mol. The van der Waals surface area contributed by atoms with Gasteiger partial charge in [-0.1, -0.05) is 18.6 Å². The zero-order valence-corrected chi connectivity index (χ0v) is 19.8.